The lowest BCUT2D eigenvalue weighted by molar-refractivity contribution is -0.125. The molecule has 5 rings (SSSR count). The van der Waals surface area contributed by atoms with E-state index in [9.17, 15) is 18.0 Å². The van der Waals surface area contributed by atoms with Crippen LogP contribution in [0.3, 0.4) is 0 Å². The predicted octanol–water partition coefficient (Wildman–Crippen LogP) is 2.52. The highest BCUT2D eigenvalue weighted by atomic mass is 32.2. The number of carbonyl (C=O) groups is 2. The van der Waals surface area contributed by atoms with Crippen molar-refractivity contribution in [3.63, 3.8) is 0 Å². The maximum atomic E-state index is 13.3. The van der Waals surface area contributed by atoms with Gasteiger partial charge in [0.1, 0.15) is 6.54 Å². The Morgan fingerprint density at radius 1 is 0.912 bits per heavy atom. The number of hydrogen-bond donors (Lipinski definition) is 1. The lowest BCUT2D eigenvalue weighted by Gasteiger charge is -2.39. The van der Waals surface area contributed by atoms with Gasteiger partial charge in [-0.1, -0.05) is 42.5 Å². The molecule has 0 radical (unpaired) electrons. The van der Waals surface area contributed by atoms with Gasteiger partial charge >= 0.3 is 0 Å². The molecule has 8 nitrogen and oxygen atoms in total. The minimum absolute atomic E-state index is 0.0313. The molecule has 1 N–H and O–H groups in total. The molecule has 3 aromatic carbocycles. The standard InChI is InChI=1S/C25H26N4O4S/c1-18(25(31)29-17-24(30)26-22-8-4-5-9-23(22)29)27-12-14-28(15-13-27)34(32,33)21-11-10-19-6-2-3-7-20(19)16-21/h2-11,16,18H,12-15,17H2,1H3,(H,26,30)/t18-/m0/s1. The highest BCUT2D eigenvalue weighted by Crippen LogP contribution is 2.30. The van der Waals surface area contributed by atoms with Crippen LogP contribution in [0.4, 0.5) is 11.4 Å². The minimum Gasteiger partial charge on any atom is -0.323 e. The van der Waals surface area contributed by atoms with E-state index in [1.54, 1.807) is 18.2 Å². The number of benzene rings is 3. The average Bonchev–Trinajstić information content (AvgIpc) is 2.87. The molecular weight excluding hydrogens is 452 g/mol. The summed E-state index contributed by atoms with van der Waals surface area (Å²) >= 11 is 0. The van der Waals surface area contributed by atoms with Gasteiger partial charge in [0.2, 0.25) is 21.8 Å². The van der Waals surface area contributed by atoms with E-state index in [4.69, 9.17) is 0 Å². The number of carbonyl (C=O) groups excluding carboxylic acids is 2. The van der Waals surface area contributed by atoms with Crippen LogP contribution >= 0.6 is 0 Å². The van der Waals surface area contributed by atoms with E-state index in [-0.39, 0.29) is 23.3 Å². The van der Waals surface area contributed by atoms with Crippen LogP contribution in [0, 0.1) is 0 Å². The fourth-order valence-electron chi connectivity index (χ4n) is 4.62. The maximum Gasteiger partial charge on any atom is 0.244 e. The second kappa shape index (κ2) is 8.83. The van der Waals surface area contributed by atoms with Gasteiger partial charge in [-0.15, -0.1) is 0 Å². The van der Waals surface area contributed by atoms with Gasteiger partial charge in [-0.2, -0.15) is 4.31 Å². The summed E-state index contributed by atoms with van der Waals surface area (Å²) in [5, 5.41) is 4.67. The van der Waals surface area contributed by atoms with Crippen molar-refractivity contribution in [2.24, 2.45) is 0 Å². The topological polar surface area (TPSA) is 90.0 Å². The summed E-state index contributed by atoms with van der Waals surface area (Å²) in [4.78, 5) is 29.2. The van der Waals surface area contributed by atoms with Gasteiger partial charge < -0.3 is 5.32 Å². The number of sulfonamides is 1. The molecule has 9 heteroatoms. The fourth-order valence-corrected chi connectivity index (χ4v) is 6.08. The smallest absolute Gasteiger partial charge is 0.244 e. The van der Waals surface area contributed by atoms with Gasteiger partial charge in [0.25, 0.3) is 0 Å². The van der Waals surface area contributed by atoms with Crippen molar-refractivity contribution < 1.29 is 18.0 Å². The number of nitrogens with one attached hydrogen (secondary N) is 1. The lowest BCUT2D eigenvalue weighted by Crippen LogP contribution is -2.56. The molecule has 3 aromatic rings. The SMILES string of the molecule is C[C@@H](C(=O)N1CC(=O)Nc2ccccc21)N1CCN(S(=O)(=O)c2ccc3ccccc3c2)CC1. The Kier molecular flexibility index (Phi) is 5.85. The van der Waals surface area contributed by atoms with E-state index in [1.165, 1.54) is 9.21 Å². The normalized spacial score (nSPS) is 18.4. The zero-order valence-corrected chi connectivity index (χ0v) is 19.7. The first-order chi connectivity index (χ1) is 16.3. The molecule has 0 aromatic heterocycles. The number of para-hydroxylation sites is 2. The van der Waals surface area contributed by atoms with Crippen LogP contribution in [0.5, 0.6) is 0 Å². The van der Waals surface area contributed by atoms with Crippen LogP contribution in [-0.2, 0) is 19.6 Å². The number of hydrogen-bond acceptors (Lipinski definition) is 5. The number of fused-ring (bicyclic) bond motifs is 2. The molecule has 0 saturated carbocycles. The molecular formula is C25H26N4O4S. The summed E-state index contributed by atoms with van der Waals surface area (Å²) in [6.07, 6.45) is 0. The Labute approximate surface area is 198 Å². The van der Waals surface area contributed by atoms with Gasteiger partial charge in [-0.25, -0.2) is 8.42 Å². The van der Waals surface area contributed by atoms with E-state index in [1.807, 2.05) is 60.4 Å². The average molecular weight is 479 g/mol. The Morgan fingerprint density at radius 3 is 2.35 bits per heavy atom. The summed E-state index contributed by atoms with van der Waals surface area (Å²) in [5.41, 5.74) is 1.29. The van der Waals surface area contributed by atoms with Crippen molar-refractivity contribution in [3.8, 4) is 0 Å². The zero-order chi connectivity index (χ0) is 23.9. The minimum atomic E-state index is -3.63. The Bertz CT molecular complexity index is 1370. The molecule has 0 aliphatic carbocycles. The molecule has 2 aliphatic heterocycles. The van der Waals surface area contributed by atoms with Crippen molar-refractivity contribution >= 4 is 44.0 Å². The van der Waals surface area contributed by atoms with Gasteiger partial charge in [-0.3, -0.25) is 19.4 Å². The summed E-state index contributed by atoms with van der Waals surface area (Å²) in [7, 11) is -3.63. The Hall–Kier alpha value is -3.27. The predicted molar refractivity (Wildman–Crippen MR) is 131 cm³/mol. The highest BCUT2D eigenvalue weighted by Gasteiger charge is 2.35. The molecule has 0 unspecified atom stereocenters. The number of amides is 2. The summed E-state index contributed by atoms with van der Waals surface area (Å²) in [6, 6.07) is 19.6. The number of anilines is 2. The third-order valence-corrected chi connectivity index (χ3v) is 8.47. The second-order valence-electron chi connectivity index (χ2n) is 8.61. The van der Waals surface area contributed by atoms with Gasteiger partial charge in [0, 0.05) is 26.2 Å². The van der Waals surface area contributed by atoms with Crippen molar-refractivity contribution in [1.29, 1.82) is 0 Å². The molecule has 2 heterocycles. The van der Waals surface area contributed by atoms with Gasteiger partial charge in [0.05, 0.1) is 22.3 Å². The molecule has 1 atom stereocenters. The largest absolute Gasteiger partial charge is 0.323 e. The van der Waals surface area contributed by atoms with E-state index in [0.29, 0.717) is 37.6 Å². The first kappa shape index (κ1) is 22.5. The molecule has 0 bridgehead atoms. The molecule has 176 valence electrons. The second-order valence-corrected chi connectivity index (χ2v) is 10.6. The van der Waals surface area contributed by atoms with E-state index >= 15 is 0 Å². The maximum absolute atomic E-state index is 13.3. The third-order valence-electron chi connectivity index (χ3n) is 6.57. The lowest BCUT2D eigenvalue weighted by atomic mass is 10.1. The molecule has 0 spiro atoms. The monoisotopic (exact) mass is 478 g/mol. The van der Waals surface area contributed by atoms with Crippen LogP contribution in [-0.4, -0.2) is 68.2 Å². The van der Waals surface area contributed by atoms with Crippen molar-refractivity contribution in [2.45, 2.75) is 17.9 Å². The molecule has 34 heavy (non-hydrogen) atoms. The van der Waals surface area contributed by atoms with Crippen LogP contribution in [0.1, 0.15) is 6.92 Å². The Balaban J connectivity index is 1.28. The highest BCUT2D eigenvalue weighted by molar-refractivity contribution is 7.89. The van der Waals surface area contributed by atoms with Gasteiger partial charge in [0.15, 0.2) is 0 Å². The van der Waals surface area contributed by atoms with Crippen molar-refractivity contribution in [3.05, 3.63) is 66.7 Å². The third kappa shape index (κ3) is 4.06. The number of piperazine rings is 1. The summed E-state index contributed by atoms with van der Waals surface area (Å²) in [5.74, 6) is -0.404. The fraction of sp³-hybridized carbons (Fsp3) is 0.280. The van der Waals surface area contributed by atoms with Crippen LogP contribution in [0.2, 0.25) is 0 Å². The quantitative estimate of drug-likeness (QED) is 0.622. The first-order valence-corrected chi connectivity index (χ1v) is 12.7. The van der Waals surface area contributed by atoms with E-state index in [2.05, 4.69) is 5.32 Å². The van der Waals surface area contributed by atoms with Crippen molar-refractivity contribution in [2.75, 3.05) is 42.9 Å². The van der Waals surface area contributed by atoms with Crippen molar-refractivity contribution in [1.82, 2.24) is 9.21 Å². The van der Waals surface area contributed by atoms with E-state index in [0.717, 1.165) is 10.8 Å². The summed E-state index contributed by atoms with van der Waals surface area (Å²) in [6.45, 7) is 3.23. The van der Waals surface area contributed by atoms with Crippen LogP contribution < -0.4 is 10.2 Å². The number of nitrogens with zero attached hydrogens (tertiary/aromatic N) is 3. The number of rotatable bonds is 4. The summed E-state index contributed by atoms with van der Waals surface area (Å²) < 4.78 is 28.0. The molecule has 2 amide bonds. The van der Waals surface area contributed by atoms with Crippen LogP contribution in [0.15, 0.2) is 71.6 Å². The van der Waals surface area contributed by atoms with Crippen LogP contribution in [0.25, 0.3) is 10.8 Å². The molecule has 1 saturated heterocycles. The Morgan fingerprint density at radius 2 is 1.59 bits per heavy atom. The molecule has 2 aliphatic rings. The zero-order valence-electron chi connectivity index (χ0n) is 18.8. The molecule has 1 fully saturated rings. The van der Waals surface area contributed by atoms with E-state index < -0.39 is 16.1 Å². The first-order valence-electron chi connectivity index (χ1n) is 11.3. The van der Waals surface area contributed by atoms with Gasteiger partial charge in [-0.05, 0) is 42.0 Å².